The van der Waals surface area contributed by atoms with Gasteiger partial charge in [0.05, 0.1) is 17.4 Å². The van der Waals surface area contributed by atoms with Gasteiger partial charge in [-0.15, -0.1) is 0 Å². The highest BCUT2D eigenvalue weighted by Crippen LogP contribution is 2.36. The summed E-state index contributed by atoms with van der Waals surface area (Å²) in [6.07, 6.45) is 3.88. The molecule has 2 aliphatic heterocycles. The van der Waals surface area contributed by atoms with Crippen molar-refractivity contribution in [3.05, 3.63) is 24.3 Å². The van der Waals surface area contributed by atoms with Crippen LogP contribution in [0, 0.1) is 0 Å². The second-order valence-electron chi connectivity index (χ2n) is 6.42. The Morgan fingerprint density at radius 1 is 1.33 bits per heavy atom. The lowest BCUT2D eigenvalue weighted by atomic mass is 9.84. The van der Waals surface area contributed by atoms with Crippen molar-refractivity contribution in [3.63, 3.8) is 0 Å². The minimum absolute atomic E-state index is 0.00415. The van der Waals surface area contributed by atoms with Crippen LogP contribution >= 0.6 is 11.8 Å². The van der Waals surface area contributed by atoms with Crippen molar-refractivity contribution < 1.29 is 9.59 Å². The predicted molar refractivity (Wildman–Crippen MR) is 98.2 cm³/mol. The molecule has 1 aromatic carbocycles. The van der Waals surface area contributed by atoms with Gasteiger partial charge in [-0.25, -0.2) is 0 Å². The number of hydrogen-bond acceptors (Lipinski definition) is 5. The van der Waals surface area contributed by atoms with E-state index in [-0.39, 0.29) is 11.8 Å². The van der Waals surface area contributed by atoms with Gasteiger partial charge in [0, 0.05) is 13.1 Å². The molecule has 1 atom stereocenters. The largest absolute Gasteiger partial charge is 0.369 e. The van der Waals surface area contributed by atoms with E-state index in [0.717, 1.165) is 17.1 Å². The lowest BCUT2D eigenvalue weighted by Gasteiger charge is -2.44. The first-order chi connectivity index (χ1) is 11.6. The van der Waals surface area contributed by atoms with Gasteiger partial charge in [-0.1, -0.05) is 12.1 Å². The van der Waals surface area contributed by atoms with Crippen molar-refractivity contribution in [2.45, 2.75) is 30.8 Å². The molecule has 0 unspecified atom stereocenters. The number of piperidine rings is 1. The Morgan fingerprint density at radius 2 is 2.00 bits per heavy atom. The maximum atomic E-state index is 12.6. The van der Waals surface area contributed by atoms with E-state index in [2.05, 4.69) is 10.6 Å². The monoisotopic (exact) mass is 348 g/mol. The zero-order valence-electron chi connectivity index (χ0n) is 13.9. The highest BCUT2D eigenvalue weighted by atomic mass is 32.2. The number of thioether (sulfide) groups is 1. The van der Waals surface area contributed by atoms with Crippen molar-refractivity contribution in [3.8, 4) is 0 Å². The van der Waals surface area contributed by atoms with E-state index < -0.39 is 11.6 Å². The molecule has 0 saturated carbocycles. The first-order valence-corrected chi connectivity index (χ1v) is 9.67. The second kappa shape index (κ2) is 7.03. The number of amides is 2. The SMILES string of the molecule is CSCC[C@H](N)C(=O)N1CCC2(CC1)Nc1ccccc1NC2=O. The van der Waals surface area contributed by atoms with E-state index in [4.69, 9.17) is 5.73 Å². The van der Waals surface area contributed by atoms with Gasteiger partial charge in [0.25, 0.3) is 0 Å². The molecule has 1 spiro atoms. The number of para-hydroxylation sites is 2. The van der Waals surface area contributed by atoms with Crippen LogP contribution < -0.4 is 16.4 Å². The maximum absolute atomic E-state index is 12.6. The third-order valence-electron chi connectivity index (χ3n) is 4.86. The van der Waals surface area contributed by atoms with E-state index in [1.807, 2.05) is 30.5 Å². The van der Waals surface area contributed by atoms with Crippen LogP contribution in [-0.4, -0.2) is 53.4 Å². The van der Waals surface area contributed by atoms with Gasteiger partial charge in [-0.2, -0.15) is 11.8 Å². The Bertz CT molecular complexity index is 629. The van der Waals surface area contributed by atoms with E-state index >= 15 is 0 Å². The fourth-order valence-corrected chi connectivity index (χ4v) is 3.81. The zero-order valence-corrected chi connectivity index (χ0v) is 14.7. The minimum Gasteiger partial charge on any atom is -0.369 e. The van der Waals surface area contributed by atoms with Gasteiger partial charge in [0.15, 0.2) is 0 Å². The van der Waals surface area contributed by atoms with Gasteiger partial charge >= 0.3 is 0 Å². The van der Waals surface area contributed by atoms with E-state index in [1.165, 1.54) is 0 Å². The first-order valence-electron chi connectivity index (χ1n) is 8.28. The number of anilines is 2. The fraction of sp³-hybridized carbons (Fsp3) is 0.529. The lowest BCUT2D eigenvalue weighted by molar-refractivity contribution is -0.136. The summed E-state index contributed by atoms with van der Waals surface area (Å²) in [6.45, 7) is 1.10. The van der Waals surface area contributed by atoms with Crippen LogP contribution in [0.1, 0.15) is 19.3 Å². The molecule has 130 valence electrons. The van der Waals surface area contributed by atoms with Crippen molar-refractivity contribution in [1.82, 2.24) is 4.90 Å². The molecule has 2 heterocycles. The number of rotatable bonds is 4. The average molecular weight is 348 g/mol. The van der Waals surface area contributed by atoms with Gasteiger partial charge < -0.3 is 21.3 Å². The smallest absolute Gasteiger partial charge is 0.250 e. The minimum atomic E-state index is -0.630. The standard InChI is InChI=1S/C17H24N4O2S/c1-24-11-6-12(18)15(22)21-9-7-17(8-10-21)16(23)19-13-4-2-3-5-14(13)20-17/h2-5,12,20H,6-11,18H2,1H3,(H,19,23)/t12-/m0/s1. The molecule has 0 radical (unpaired) electrons. The van der Waals surface area contributed by atoms with Crippen LogP contribution in [0.4, 0.5) is 11.4 Å². The quantitative estimate of drug-likeness (QED) is 0.767. The molecule has 1 aromatic rings. The fourth-order valence-electron chi connectivity index (χ4n) is 3.32. The third kappa shape index (κ3) is 3.23. The molecule has 7 heteroatoms. The van der Waals surface area contributed by atoms with Crippen LogP contribution in [0.5, 0.6) is 0 Å². The van der Waals surface area contributed by atoms with Gasteiger partial charge in [0.1, 0.15) is 5.54 Å². The van der Waals surface area contributed by atoms with Gasteiger partial charge in [-0.05, 0) is 43.4 Å². The Balaban J connectivity index is 1.64. The zero-order chi connectivity index (χ0) is 17.2. The highest BCUT2D eigenvalue weighted by Gasteiger charge is 2.45. The molecule has 2 aliphatic rings. The summed E-state index contributed by atoms with van der Waals surface area (Å²) in [6, 6.07) is 7.25. The molecule has 3 rings (SSSR count). The van der Waals surface area contributed by atoms with Gasteiger partial charge in [0.2, 0.25) is 11.8 Å². The molecule has 6 nitrogen and oxygen atoms in total. The lowest BCUT2D eigenvalue weighted by Crippen LogP contribution is -2.60. The molecule has 4 N–H and O–H groups in total. The molecule has 0 aliphatic carbocycles. The van der Waals surface area contributed by atoms with Crippen LogP contribution in [0.3, 0.4) is 0 Å². The number of nitrogens with two attached hydrogens (primary N) is 1. The molecule has 24 heavy (non-hydrogen) atoms. The van der Waals surface area contributed by atoms with Gasteiger partial charge in [-0.3, -0.25) is 9.59 Å². The summed E-state index contributed by atoms with van der Waals surface area (Å²) in [5, 5.41) is 6.38. The number of nitrogens with one attached hydrogen (secondary N) is 2. The maximum Gasteiger partial charge on any atom is 0.250 e. The summed E-state index contributed by atoms with van der Waals surface area (Å²) in [7, 11) is 0. The summed E-state index contributed by atoms with van der Waals surface area (Å²) in [5.74, 6) is 0.862. The van der Waals surface area contributed by atoms with Crippen LogP contribution in [0.25, 0.3) is 0 Å². The predicted octanol–water partition coefficient (Wildman–Crippen LogP) is 1.49. The Hall–Kier alpha value is -1.73. The number of fused-ring (bicyclic) bond motifs is 1. The van der Waals surface area contributed by atoms with E-state index in [1.54, 1.807) is 16.7 Å². The molecule has 1 fully saturated rings. The molecule has 2 amide bonds. The first kappa shape index (κ1) is 17.1. The van der Waals surface area contributed by atoms with Crippen LogP contribution in [-0.2, 0) is 9.59 Å². The molecule has 0 bridgehead atoms. The second-order valence-corrected chi connectivity index (χ2v) is 7.41. The number of carbonyl (C=O) groups excluding carboxylic acids is 2. The normalized spacial score (nSPS) is 20.1. The van der Waals surface area contributed by atoms with Crippen LogP contribution in [0.15, 0.2) is 24.3 Å². The van der Waals surface area contributed by atoms with E-state index in [9.17, 15) is 9.59 Å². The van der Waals surface area contributed by atoms with Crippen molar-refractivity contribution in [2.75, 3.05) is 35.7 Å². The summed E-state index contributed by atoms with van der Waals surface area (Å²) in [4.78, 5) is 26.8. The number of likely N-dealkylation sites (tertiary alicyclic amines) is 1. The summed E-state index contributed by atoms with van der Waals surface area (Å²) < 4.78 is 0. The van der Waals surface area contributed by atoms with E-state index in [0.29, 0.717) is 32.4 Å². The Morgan fingerprint density at radius 3 is 2.67 bits per heavy atom. The average Bonchev–Trinajstić information content (AvgIpc) is 2.60. The Labute approximate surface area is 146 Å². The van der Waals surface area contributed by atoms with Crippen molar-refractivity contribution in [2.24, 2.45) is 5.73 Å². The topological polar surface area (TPSA) is 87.5 Å². The van der Waals surface area contributed by atoms with Crippen molar-refractivity contribution >= 4 is 35.0 Å². The molecular formula is C17H24N4O2S. The molecular weight excluding hydrogens is 324 g/mol. The Kier molecular flexibility index (Phi) is 5.01. The molecule has 0 aromatic heterocycles. The number of hydrogen-bond donors (Lipinski definition) is 3. The van der Waals surface area contributed by atoms with Crippen LogP contribution in [0.2, 0.25) is 0 Å². The summed E-state index contributed by atoms with van der Waals surface area (Å²) in [5.41, 5.74) is 7.11. The third-order valence-corrected chi connectivity index (χ3v) is 5.51. The van der Waals surface area contributed by atoms with Crippen molar-refractivity contribution in [1.29, 1.82) is 0 Å². The number of carbonyl (C=O) groups is 2. The molecule has 1 saturated heterocycles. The number of nitrogens with zero attached hydrogens (tertiary/aromatic N) is 1. The summed E-state index contributed by atoms with van der Waals surface area (Å²) >= 11 is 1.69. The number of benzene rings is 1. The highest BCUT2D eigenvalue weighted by molar-refractivity contribution is 7.98.